The smallest absolute Gasteiger partial charge is 0.240 e. The fraction of sp³-hybridized carbons (Fsp3) is 0.412. The van der Waals surface area contributed by atoms with Crippen LogP contribution in [-0.4, -0.2) is 26.7 Å². The van der Waals surface area contributed by atoms with Gasteiger partial charge in [0.05, 0.1) is 17.8 Å². The largest absolute Gasteiger partial charge is 0.493 e. The number of furan rings is 1. The van der Waals surface area contributed by atoms with Crippen molar-refractivity contribution in [3.8, 4) is 5.75 Å². The van der Waals surface area contributed by atoms with Gasteiger partial charge in [-0.2, -0.15) is 0 Å². The fourth-order valence-corrected chi connectivity index (χ4v) is 3.10. The van der Waals surface area contributed by atoms with E-state index in [-0.39, 0.29) is 11.4 Å². The molecule has 0 saturated carbocycles. The first-order chi connectivity index (χ1) is 11.2. The summed E-state index contributed by atoms with van der Waals surface area (Å²) in [5.41, 5.74) is -1.43. The minimum absolute atomic E-state index is 0.106. The average molecular weight is 353 g/mol. The summed E-state index contributed by atoms with van der Waals surface area (Å²) in [6.07, 6.45) is 1.42. The van der Waals surface area contributed by atoms with Gasteiger partial charge in [-0.15, -0.1) is 0 Å². The minimum Gasteiger partial charge on any atom is -0.493 e. The Morgan fingerprint density at radius 1 is 1.25 bits per heavy atom. The van der Waals surface area contributed by atoms with Gasteiger partial charge in [-0.05, 0) is 49.2 Å². The Bertz CT molecular complexity index is 734. The molecule has 6 nitrogen and oxygen atoms in total. The van der Waals surface area contributed by atoms with Crippen molar-refractivity contribution in [2.24, 2.45) is 5.92 Å². The molecule has 0 spiro atoms. The van der Waals surface area contributed by atoms with E-state index in [4.69, 9.17) is 9.15 Å². The number of benzene rings is 1. The van der Waals surface area contributed by atoms with Crippen LogP contribution in [0.2, 0.25) is 0 Å². The Kier molecular flexibility index (Phi) is 5.69. The Labute approximate surface area is 142 Å². The van der Waals surface area contributed by atoms with Crippen LogP contribution >= 0.6 is 0 Å². The Balaban J connectivity index is 2.02. The molecule has 0 unspecified atom stereocenters. The van der Waals surface area contributed by atoms with Crippen LogP contribution in [0.25, 0.3) is 0 Å². The summed E-state index contributed by atoms with van der Waals surface area (Å²) in [6, 6.07) is 9.39. The summed E-state index contributed by atoms with van der Waals surface area (Å²) in [7, 11) is -3.74. The highest BCUT2D eigenvalue weighted by Gasteiger charge is 2.28. The summed E-state index contributed by atoms with van der Waals surface area (Å²) in [5, 5.41) is 10.3. The summed E-state index contributed by atoms with van der Waals surface area (Å²) < 4.78 is 37.7. The van der Waals surface area contributed by atoms with E-state index in [2.05, 4.69) is 4.72 Å². The van der Waals surface area contributed by atoms with E-state index in [1.807, 2.05) is 13.8 Å². The molecule has 0 saturated heterocycles. The number of sulfonamides is 1. The van der Waals surface area contributed by atoms with Crippen molar-refractivity contribution in [2.45, 2.75) is 31.3 Å². The number of ether oxygens (including phenoxy) is 1. The molecular formula is C17H23NO5S. The van der Waals surface area contributed by atoms with Crippen LogP contribution in [0.4, 0.5) is 0 Å². The molecule has 0 bridgehead atoms. The van der Waals surface area contributed by atoms with E-state index in [1.54, 1.807) is 24.3 Å². The average Bonchev–Trinajstić information content (AvgIpc) is 3.07. The number of hydrogen-bond donors (Lipinski definition) is 2. The van der Waals surface area contributed by atoms with Gasteiger partial charge in [-0.25, -0.2) is 13.1 Å². The second-order valence-corrected chi connectivity index (χ2v) is 8.02. The first-order valence-electron chi connectivity index (χ1n) is 7.69. The third-order valence-corrected chi connectivity index (χ3v) is 4.79. The third kappa shape index (κ3) is 4.83. The van der Waals surface area contributed by atoms with Crippen molar-refractivity contribution >= 4 is 10.0 Å². The summed E-state index contributed by atoms with van der Waals surface area (Å²) >= 11 is 0. The molecule has 0 aliphatic carbocycles. The van der Waals surface area contributed by atoms with Crippen molar-refractivity contribution in [1.82, 2.24) is 4.72 Å². The molecule has 0 radical (unpaired) electrons. The van der Waals surface area contributed by atoms with Gasteiger partial charge in [-0.1, -0.05) is 13.8 Å². The first kappa shape index (κ1) is 18.5. The molecule has 2 rings (SSSR count). The molecular weight excluding hydrogens is 330 g/mol. The maximum Gasteiger partial charge on any atom is 0.240 e. The standard InChI is InChI=1S/C17H23NO5S/c1-13(2)11-23-14-6-8-15(9-7-14)24(20,21)18-12-17(3,19)16-5-4-10-22-16/h4-10,13,18-19H,11-12H2,1-3H3/t17-/m0/s1. The molecule has 132 valence electrons. The Morgan fingerprint density at radius 3 is 2.46 bits per heavy atom. The van der Waals surface area contributed by atoms with E-state index >= 15 is 0 Å². The topological polar surface area (TPSA) is 88.8 Å². The predicted molar refractivity (Wildman–Crippen MR) is 90.2 cm³/mol. The molecule has 24 heavy (non-hydrogen) atoms. The molecule has 1 aromatic heterocycles. The first-order valence-corrected chi connectivity index (χ1v) is 9.18. The molecule has 1 atom stereocenters. The lowest BCUT2D eigenvalue weighted by Crippen LogP contribution is -2.38. The van der Waals surface area contributed by atoms with E-state index in [0.29, 0.717) is 24.0 Å². The molecule has 2 N–H and O–H groups in total. The molecule has 0 aliphatic heterocycles. The normalized spacial score (nSPS) is 14.5. The Morgan fingerprint density at radius 2 is 1.92 bits per heavy atom. The minimum atomic E-state index is -3.74. The lowest BCUT2D eigenvalue weighted by Gasteiger charge is -2.21. The van der Waals surface area contributed by atoms with E-state index in [9.17, 15) is 13.5 Å². The molecule has 7 heteroatoms. The quantitative estimate of drug-likeness (QED) is 0.761. The molecule has 1 heterocycles. The van der Waals surface area contributed by atoms with E-state index < -0.39 is 15.6 Å². The maximum absolute atomic E-state index is 12.3. The molecule has 0 aliphatic rings. The van der Waals surface area contributed by atoms with Gasteiger partial charge in [0, 0.05) is 6.54 Å². The van der Waals surface area contributed by atoms with Crippen molar-refractivity contribution in [3.63, 3.8) is 0 Å². The molecule has 2 aromatic rings. The van der Waals surface area contributed by atoms with Crippen LogP contribution in [0.3, 0.4) is 0 Å². The second-order valence-electron chi connectivity index (χ2n) is 6.25. The van der Waals surface area contributed by atoms with Crippen LogP contribution in [0.1, 0.15) is 26.5 Å². The zero-order valence-corrected chi connectivity index (χ0v) is 14.8. The number of aliphatic hydroxyl groups is 1. The van der Waals surface area contributed by atoms with Gasteiger partial charge in [0.15, 0.2) is 0 Å². The van der Waals surface area contributed by atoms with Gasteiger partial charge >= 0.3 is 0 Å². The lowest BCUT2D eigenvalue weighted by atomic mass is 10.1. The van der Waals surface area contributed by atoms with Gasteiger partial charge in [-0.3, -0.25) is 0 Å². The number of hydrogen-bond acceptors (Lipinski definition) is 5. The van der Waals surface area contributed by atoms with E-state index in [1.165, 1.54) is 25.3 Å². The monoisotopic (exact) mass is 353 g/mol. The summed E-state index contributed by atoms with van der Waals surface area (Å²) in [4.78, 5) is 0.106. The zero-order chi connectivity index (χ0) is 17.8. The van der Waals surface area contributed by atoms with Gasteiger partial charge in [0.2, 0.25) is 10.0 Å². The van der Waals surface area contributed by atoms with Crippen LogP contribution < -0.4 is 9.46 Å². The van der Waals surface area contributed by atoms with Crippen LogP contribution in [0, 0.1) is 5.92 Å². The maximum atomic E-state index is 12.3. The number of rotatable bonds is 8. The van der Waals surface area contributed by atoms with Gasteiger partial charge in [0.1, 0.15) is 17.1 Å². The fourth-order valence-electron chi connectivity index (χ4n) is 1.97. The zero-order valence-electron chi connectivity index (χ0n) is 14.0. The SMILES string of the molecule is CC(C)COc1ccc(S(=O)(=O)NC[C@](C)(O)c2ccco2)cc1. The van der Waals surface area contributed by atoms with Crippen molar-refractivity contribution < 1.29 is 22.7 Å². The van der Waals surface area contributed by atoms with Crippen molar-refractivity contribution in [1.29, 1.82) is 0 Å². The van der Waals surface area contributed by atoms with Gasteiger partial charge < -0.3 is 14.3 Å². The highest BCUT2D eigenvalue weighted by atomic mass is 32.2. The highest BCUT2D eigenvalue weighted by Crippen LogP contribution is 2.21. The van der Waals surface area contributed by atoms with Gasteiger partial charge in [0.25, 0.3) is 0 Å². The predicted octanol–water partition coefficient (Wildman–Crippen LogP) is 2.50. The lowest BCUT2D eigenvalue weighted by molar-refractivity contribution is 0.0395. The van der Waals surface area contributed by atoms with Crippen LogP contribution in [0.5, 0.6) is 5.75 Å². The van der Waals surface area contributed by atoms with Crippen molar-refractivity contribution in [2.75, 3.05) is 13.2 Å². The van der Waals surface area contributed by atoms with E-state index in [0.717, 1.165) is 0 Å². The summed E-state index contributed by atoms with van der Waals surface area (Å²) in [5.74, 6) is 1.30. The number of nitrogens with one attached hydrogen (secondary N) is 1. The molecule has 0 amide bonds. The molecule has 0 fully saturated rings. The van der Waals surface area contributed by atoms with Crippen LogP contribution in [0.15, 0.2) is 52.0 Å². The highest BCUT2D eigenvalue weighted by molar-refractivity contribution is 7.89. The molecule has 1 aromatic carbocycles. The second kappa shape index (κ2) is 7.38. The Hall–Kier alpha value is -1.83. The van der Waals surface area contributed by atoms with Crippen LogP contribution in [-0.2, 0) is 15.6 Å². The third-order valence-electron chi connectivity index (χ3n) is 3.38. The van der Waals surface area contributed by atoms with Crippen molar-refractivity contribution in [3.05, 3.63) is 48.4 Å². The summed E-state index contributed by atoms with van der Waals surface area (Å²) in [6.45, 7) is 5.92.